The third-order valence-corrected chi connectivity index (χ3v) is 5.11. The summed E-state index contributed by atoms with van der Waals surface area (Å²) in [7, 11) is -1.94. The lowest BCUT2D eigenvalue weighted by Crippen LogP contribution is -2.35. The molecule has 142 valence electrons. The molecule has 0 saturated carbocycles. The van der Waals surface area contributed by atoms with E-state index < -0.39 is 44.6 Å². The number of nitrogens with zero attached hydrogens (tertiary/aromatic N) is 2. The lowest BCUT2D eigenvalue weighted by Gasteiger charge is -2.18. The van der Waals surface area contributed by atoms with Crippen molar-refractivity contribution in [3.05, 3.63) is 41.2 Å². The molecule has 0 saturated heterocycles. The van der Waals surface area contributed by atoms with Crippen molar-refractivity contribution in [2.24, 2.45) is 7.05 Å². The van der Waals surface area contributed by atoms with Gasteiger partial charge in [0.2, 0.25) is 10.0 Å². The van der Waals surface area contributed by atoms with Gasteiger partial charge in [0.25, 0.3) is 5.92 Å². The highest BCUT2D eigenvalue weighted by atomic mass is 32.2. The smallest absolute Gasteiger partial charge is 0.355 e. The summed E-state index contributed by atoms with van der Waals surface area (Å²) in [6.07, 6.45) is 0.791. The average Bonchev–Trinajstić information content (AvgIpc) is 2.96. The van der Waals surface area contributed by atoms with Gasteiger partial charge in [-0.3, -0.25) is 4.68 Å². The Balaban J connectivity index is 2.27. The number of carboxylic acid groups (broad SMARTS) is 1. The third kappa shape index (κ3) is 3.83. The number of aryl methyl sites for hydroxylation is 2. The molecule has 26 heavy (non-hydrogen) atoms. The molecule has 2 rings (SSSR count). The van der Waals surface area contributed by atoms with Crippen LogP contribution >= 0.6 is 0 Å². The number of alkyl halides is 2. The zero-order chi connectivity index (χ0) is 19.7. The maximum absolute atomic E-state index is 14.4. The minimum Gasteiger partial charge on any atom is -0.496 e. The van der Waals surface area contributed by atoms with E-state index in [0.717, 1.165) is 16.9 Å². The van der Waals surface area contributed by atoms with Crippen LogP contribution in [0.2, 0.25) is 0 Å². The highest BCUT2D eigenvalue weighted by Gasteiger charge is 2.35. The molecule has 1 aromatic carbocycles. The number of methoxy groups -OCH3 is 1. The van der Waals surface area contributed by atoms with E-state index in [2.05, 4.69) is 5.10 Å². The quantitative estimate of drug-likeness (QED) is 0.743. The Hall–Kier alpha value is -2.53. The van der Waals surface area contributed by atoms with Gasteiger partial charge < -0.3 is 9.84 Å². The summed E-state index contributed by atoms with van der Waals surface area (Å²) in [6, 6.07) is 3.72. The first-order valence-corrected chi connectivity index (χ1v) is 8.76. The van der Waals surface area contributed by atoms with Crippen molar-refractivity contribution in [2.75, 3.05) is 13.7 Å². The molecule has 1 aromatic heterocycles. The molecule has 0 aliphatic rings. The van der Waals surface area contributed by atoms with Crippen molar-refractivity contribution < 1.29 is 31.8 Å². The van der Waals surface area contributed by atoms with E-state index >= 15 is 0 Å². The van der Waals surface area contributed by atoms with Crippen molar-refractivity contribution in [1.29, 1.82) is 0 Å². The lowest BCUT2D eigenvalue weighted by atomic mass is 10.1. The Bertz CT molecular complexity index is 941. The molecule has 0 unspecified atom stereocenters. The van der Waals surface area contributed by atoms with Gasteiger partial charge in [0.05, 0.1) is 19.9 Å². The van der Waals surface area contributed by atoms with E-state index in [1.807, 2.05) is 0 Å². The molecule has 1 heterocycles. The van der Waals surface area contributed by atoms with Gasteiger partial charge in [-0.15, -0.1) is 0 Å². The SMILES string of the molecule is COc1cc(C(F)(F)CNS(=O)(=O)c2cnn(C)c2C(=O)O)ccc1C. The van der Waals surface area contributed by atoms with Crippen LogP contribution in [0.1, 0.15) is 21.6 Å². The minimum atomic E-state index is -4.51. The molecule has 8 nitrogen and oxygen atoms in total. The number of carbonyl (C=O) groups is 1. The monoisotopic (exact) mass is 389 g/mol. The molecule has 0 radical (unpaired) electrons. The molecule has 2 N–H and O–H groups in total. The number of ether oxygens (including phenoxy) is 1. The summed E-state index contributed by atoms with van der Waals surface area (Å²) in [4.78, 5) is 10.5. The van der Waals surface area contributed by atoms with Gasteiger partial charge in [0.1, 0.15) is 10.6 Å². The molecule has 0 atom stereocenters. The van der Waals surface area contributed by atoms with Crippen molar-refractivity contribution in [1.82, 2.24) is 14.5 Å². The molecule has 0 fully saturated rings. The van der Waals surface area contributed by atoms with Crippen molar-refractivity contribution in [3.8, 4) is 5.75 Å². The number of aromatic carboxylic acids is 1. The highest BCUT2D eigenvalue weighted by molar-refractivity contribution is 7.89. The Morgan fingerprint density at radius 3 is 2.65 bits per heavy atom. The van der Waals surface area contributed by atoms with Gasteiger partial charge in [0.15, 0.2) is 5.69 Å². The van der Waals surface area contributed by atoms with Crippen LogP contribution in [0.3, 0.4) is 0 Å². The number of halogens is 2. The standard InChI is InChI=1S/C15H17F2N3O5S/c1-9-4-5-10(6-11(9)25-3)15(16,17)8-19-26(23,24)12-7-18-20(2)13(12)14(21)22/h4-7,19H,8H2,1-3H3,(H,21,22). The van der Waals surface area contributed by atoms with E-state index in [1.54, 1.807) is 11.6 Å². The summed E-state index contributed by atoms with van der Waals surface area (Å²) >= 11 is 0. The zero-order valence-electron chi connectivity index (χ0n) is 14.2. The molecule has 0 aliphatic heterocycles. The first-order chi connectivity index (χ1) is 12.0. The summed E-state index contributed by atoms with van der Waals surface area (Å²) in [5.74, 6) is -4.84. The van der Waals surface area contributed by atoms with Gasteiger partial charge in [0, 0.05) is 12.6 Å². The lowest BCUT2D eigenvalue weighted by molar-refractivity contribution is 0.00189. The second-order valence-corrected chi connectivity index (χ2v) is 7.23. The van der Waals surface area contributed by atoms with Crippen LogP contribution in [0.4, 0.5) is 8.78 Å². The molecular formula is C15H17F2N3O5S. The molecule has 0 aliphatic carbocycles. The van der Waals surface area contributed by atoms with E-state index in [9.17, 15) is 22.0 Å². The summed E-state index contributed by atoms with van der Waals surface area (Å²) in [5.41, 5.74) is -0.417. The van der Waals surface area contributed by atoms with Crippen LogP contribution < -0.4 is 9.46 Å². The van der Waals surface area contributed by atoms with Gasteiger partial charge in [-0.25, -0.2) is 17.9 Å². The molecular weight excluding hydrogens is 372 g/mol. The maximum atomic E-state index is 14.4. The summed E-state index contributed by atoms with van der Waals surface area (Å²) < 4.78 is 60.8. The maximum Gasteiger partial charge on any atom is 0.355 e. The van der Waals surface area contributed by atoms with Crippen LogP contribution in [0.5, 0.6) is 5.75 Å². The number of nitrogens with one attached hydrogen (secondary N) is 1. The molecule has 0 bridgehead atoms. The first kappa shape index (κ1) is 19.8. The molecule has 0 spiro atoms. The Morgan fingerprint density at radius 1 is 1.42 bits per heavy atom. The fourth-order valence-electron chi connectivity index (χ4n) is 2.27. The number of hydrogen-bond acceptors (Lipinski definition) is 5. The van der Waals surface area contributed by atoms with E-state index in [1.165, 1.54) is 26.3 Å². The van der Waals surface area contributed by atoms with Crippen molar-refractivity contribution in [3.63, 3.8) is 0 Å². The van der Waals surface area contributed by atoms with Crippen molar-refractivity contribution in [2.45, 2.75) is 17.7 Å². The number of benzene rings is 1. The number of sulfonamides is 1. The van der Waals surface area contributed by atoms with Gasteiger partial charge in [-0.05, 0) is 18.6 Å². The Morgan fingerprint density at radius 2 is 2.08 bits per heavy atom. The van der Waals surface area contributed by atoms with Crippen LogP contribution in [-0.4, -0.2) is 42.9 Å². The number of hydrogen-bond donors (Lipinski definition) is 2. The fraction of sp³-hybridized carbons (Fsp3) is 0.333. The topological polar surface area (TPSA) is 111 Å². The average molecular weight is 389 g/mol. The molecule has 0 amide bonds. The van der Waals surface area contributed by atoms with Crippen molar-refractivity contribution >= 4 is 16.0 Å². The van der Waals surface area contributed by atoms with Gasteiger partial charge in [-0.2, -0.15) is 13.9 Å². The number of carboxylic acids is 1. The minimum absolute atomic E-state index is 0.241. The number of rotatable bonds is 7. The second-order valence-electron chi connectivity index (χ2n) is 5.50. The Labute approximate surface area is 148 Å². The van der Waals surface area contributed by atoms with Crippen LogP contribution in [0, 0.1) is 6.92 Å². The second kappa shape index (κ2) is 7.00. The normalized spacial score (nSPS) is 12.2. The first-order valence-electron chi connectivity index (χ1n) is 7.27. The third-order valence-electron chi connectivity index (χ3n) is 3.71. The van der Waals surface area contributed by atoms with Gasteiger partial charge in [-0.1, -0.05) is 12.1 Å². The molecule has 11 heteroatoms. The van der Waals surface area contributed by atoms with Gasteiger partial charge >= 0.3 is 5.97 Å². The summed E-state index contributed by atoms with van der Waals surface area (Å²) in [6.45, 7) is 0.425. The summed E-state index contributed by atoms with van der Waals surface area (Å²) in [5, 5.41) is 12.6. The Kier molecular flexibility index (Phi) is 5.33. The predicted molar refractivity (Wildman–Crippen MR) is 87.0 cm³/mol. The largest absolute Gasteiger partial charge is 0.496 e. The predicted octanol–water partition coefficient (Wildman–Crippen LogP) is 1.51. The molecule has 2 aromatic rings. The van der Waals surface area contributed by atoms with E-state index in [-0.39, 0.29) is 5.75 Å². The van der Waals surface area contributed by atoms with Crippen LogP contribution in [0.25, 0.3) is 0 Å². The van der Waals surface area contributed by atoms with E-state index in [4.69, 9.17) is 9.84 Å². The van der Waals surface area contributed by atoms with Crippen LogP contribution in [0.15, 0.2) is 29.3 Å². The van der Waals surface area contributed by atoms with E-state index in [0.29, 0.717) is 5.56 Å². The zero-order valence-corrected chi connectivity index (χ0v) is 15.0. The number of aromatic nitrogens is 2. The van der Waals surface area contributed by atoms with Crippen LogP contribution in [-0.2, 0) is 23.0 Å². The fourth-order valence-corrected chi connectivity index (χ4v) is 3.46. The highest BCUT2D eigenvalue weighted by Crippen LogP contribution is 2.31.